The molecule has 8 heavy (non-hydrogen) atoms. The van der Waals surface area contributed by atoms with E-state index in [1.165, 1.54) is 6.26 Å². The molecule has 0 radical (unpaired) electrons. The first-order chi connectivity index (χ1) is 3.48. The van der Waals surface area contributed by atoms with E-state index in [9.17, 15) is 4.21 Å². The topological polar surface area (TPSA) is 66.9 Å². The Bertz CT molecular complexity index is 149. The Balaban J connectivity index is 4.04. The van der Waals surface area contributed by atoms with Gasteiger partial charge in [0, 0.05) is 22.5 Å². The normalized spacial score (nSPS) is 21.9. The van der Waals surface area contributed by atoms with E-state index < -0.39 is 9.73 Å². The van der Waals surface area contributed by atoms with Crippen molar-refractivity contribution in [1.29, 1.82) is 4.78 Å². The van der Waals surface area contributed by atoms with Crippen LogP contribution in [0, 0.1) is 4.78 Å². The zero-order valence-electron chi connectivity index (χ0n) is 5.18. The van der Waals surface area contributed by atoms with E-state index in [1.54, 1.807) is 6.92 Å². The molecule has 3 nitrogen and oxygen atoms in total. The van der Waals surface area contributed by atoms with Gasteiger partial charge in [0.05, 0.1) is 5.25 Å². The smallest absolute Gasteiger partial charge is 0.0519 e. The maximum absolute atomic E-state index is 10.7. The van der Waals surface area contributed by atoms with Crippen LogP contribution in [0.25, 0.3) is 0 Å². The maximum atomic E-state index is 10.7. The molecule has 0 bridgehead atoms. The van der Waals surface area contributed by atoms with Crippen LogP contribution in [-0.4, -0.2) is 22.3 Å². The van der Waals surface area contributed by atoms with Crippen molar-refractivity contribution >= 4 is 9.73 Å². The molecule has 2 unspecified atom stereocenters. The molecule has 0 aliphatic heterocycles. The van der Waals surface area contributed by atoms with Crippen molar-refractivity contribution in [2.45, 2.75) is 12.2 Å². The minimum atomic E-state index is -2.38. The van der Waals surface area contributed by atoms with Crippen molar-refractivity contribution < 1.29 is 4.21 Å². The number of rotatable bonds is 2. The average Bonchev–Trinajstić information content (AvgIpc) is 1.62. The molecule has 2 atom stereocenters. The molecule has 0 rings (SSSR count). The molecule has 50 valence electrons. The standard InChI is InChI=1S/C4H12N2OS/c1-4(3-5)8(2,6)7/h4,6H,3,5H2,1-2H3. The van der Waals surface area contributed by atoms with Gasteiger partial charge in [-0.15, -0.1) is 0 Å². The van der Waals surface area contributed by atoms with Crippen molar-refractivity contribution in [3.8, 4) is 0 Å². The predicted octanol–water partition coefficient (Wildman–Crippen LogP) is 0.0102. The lowest BCUT2D eigenvalue weighted by atomic mass is 10.5. The van der Waals surface area contributed by atoms with Crippen LogP contribution in [0.1, 0.15) is 6.92 Å². The molecule has 0 saturated heterocycles. The molecular formula is C4H12N2OS. The van der Waals surface area contributed by atoms with Crippen molar-refractivity contribution in [1.82, 2.24) is 0 Å². The van der Waals surface area contributed by atoms with Crippen LogP contribution >= 0.6 is 0 Å². The number of nitrogens with two attached hydrogens (primary N) is 1. The van der Waals surface area contributed by atoms with Crippen molar-refractivity contribution in [3.63, 3.8) is 0 Å². The van der Waals surface area contributed by atoms with Crippen molar-refractivity contribution in [3.05, 3.63) is 0 Å². The van der Waals surface area contributed by atoms with E-state index in [2.05, 4.69) is 0 Å². The molecule has 4 heteroatoms. The summed E-state index contributed by atoms with van der Waals surface area (Å²) in [6.45, 7) is 2.05. The third-order valence-corrected chi connectivity index (χ3v) is 2.83. The lowest BCUT2D eigenvalue weighted by molar-refractivity contribution is 0.668. The summed E-state index contributed by atoms with van der Waals surface area (Å²) >= 11 is 0. The van der Waals surface area contributed by atoms with E-state index in [0.717, 1.165) is 0 Å². The van der Waals surface area contributed by atoms with Gasteiger partial charge in [-0.1, -0.05) is 0 Å². The Morgan fingerprint density at radius 2 is 2.25 bits per heavy atom. The fourth-order valence-corrected chi connectivity index (χ4v) is 0.551. The zero-order valence-corrected chi connectivity index (χ0v) is 5.99. The van der Waals surface area contributed by atoms with Gasteiger partial charge in [0.2, 0.25) is 0 Å². The molecular weight excluding hydrogens is 124 g/mol. The molecule has 0 fully saturated rings. The second-order valence-corrected chi connectivity index (χ2v) is 4.56. The fourth-order valence-electron chi connectivity index (χ4n) is 0.184. The van der Waals surface area contributed by atoms with Crippen LogP contribution in [0.3, 0.4) is 0 Å². The Morgan fingerprint density at radius 3 is 2.25 bits per heavy atom. The largest absolute Gasteiger partial charge is 0.329 e. The molecule has 0 amide bonds. The van der Waals surface area contributed by atoms with E-state index in [-0.39, 0.29) is 5.25 Å². The highest BCUT2D eigenvalue weighted by atomic mass is 32.2. The first-order valence-electron chi connectivity index (χ1n) is 2.41. The van der Waals surface area contributed by atoms with Gasteiger partial charge in [0.1, 0.15) is 0 Å². The third kappa shape index (κ3) is 2.28. The Morgan fingerprint density at radius 1 is 1.88 bits per heavy atom. The molecule has 3 N–H and O–H groups in total. The molecule has 0 aromatic carbocycles. The Hall–Kier alpha value is -0.0900. The van der Waals surface area contributed by atoms with Crippen LogP contribution < -0.4 is 5.73 Å². The summed E-state index contributed by atoms with van der Waals surface area (Å²) in [6.07, 6.45) is 1.41. The summed E-state index contributed by atoms with van der Waals surface area (Å²) in [4.78, 5) is 0. The highest BCUT2D eigenvalue weighted by Crippen LogP contribution is 1.94. The second kappa shape index (κ2) is 2.46. The van der Waals surface area contributed by atoms with E-state index in [4.69, 9.17) is 10.5 Å². The molecule has 0 saturated carbocycles. The van der Waals surface area contributed by atoms with Crippen LogP contribution in [0.2, 0.25) is 0 Å². The number of hydrogen-bond donors (Lipinski definition) is 2. The van der Waals surface area contributed by atoms with Gasteiger partial charge in [-0.05, 0) is 6.92 Å². The molecule has 0 aliphatic carbocycles. The van der Waals surface area contributed by atoms with Gasteiger partial charge in [-0.3, -0.25) is 4.78 Å². The fraction of sp³-hybridized carbons (Fsp3) is 1.00. The van der Waals surface area contributed by atoms with Crippen molar-refractivity contribution in [2.75, 3.05) is 12.8 Å². The first-order valence-corrected chi connectivity index (χ1v) is 4.44. The van der Waals surface area contributed by atoms with Gasteiger partial charge in [-0.25, -0.2) is 4.21 Å². The van der Waals surface area contributed by atoms with E-state index >= 15 is 0 Å². The van der Waals surface area contributed by atoms with Gasteiger partial charge < -0.3 is 5.73 Å². The quantitative estimate of drug-likeness (QED) is 0.561. The minimum absolute atomic E-state index is 0.178. The minimum Gasteiger partial charge on any atom is -0.329 e. The Kier molecular flexibility index (Phi) is 2.43. The lowest BCUT2D eigenvalue weighted by Gasteiger charge is -2.06. The molecule has 0 heterocycles. The Labute approximate surface area is 50.2 Å². The first kappa shape index (κ1) is 7.91. The maximum Gasteiger partial charge on any atom is 0.0519 e. The lowest BCUT2D eigenvalue weighted by Crippen LogP contribution is -2.24. The summed E-state index contributed by atoms with van der Waals surface area (Å²) < 4.78 is 17.7. The molecule has 0 spiro atoms. The third-order valence-electron chi connectivity index (χ3n) is 1.10. The van der Waals surface area contributed by atoms with Crippen LogP contribution in [-0.2, 0) is 9.73 Å². The van der Waals surface area contributed by atoms with Gasteiger partial charge in [0.15, 0.2) is 0 Å². The van der Waals surface area contributed by atoms with E-state index in [1.807, 2.05) is 0 Å². The predicted molar refractivity (Wildman–Crippen MR) is 35.3 cm³/mol. The summed E-state index contributed by atoms with van der Waals surface area (Å²) in [5.41, 5.74) is 5.16. The highest BCUT2D eigenvalue weighted by Gasteiger charge is 2.06. The van der Waals surface area contributed by atoms with Crippen molar-refractivity contribution in [2.24, 2.45) is 5.73 Å². The second-order valence-electron chi connectivity index (χ2n) is 1.95. The van der Waals surface area contributed by atoms with Crippen LogP contribution in [0.15, 0.2) is 0 Å². The molecule has 0 aliphatic rings. The summed E-state index contributed by atoms with van der Waals surface area (Å²) in [6, 6.07) is 0. The van der Waals surface area contributed by atoms with Crippen LogP contribution in [0.5, 0.6) is 0 Å². The van der Waals surface area contributed by atoms with Gasteiger partial charge >= 0.3 is 0 Å². The zero-order chi connectivity index (χ0) is 6.78. The van der Waals surface area contributed by atoms with Gasteiger partial charge in [0.25, 0.3) is 0 Å². The number of nitrogens with one attached hydrogen (secondary N) is 1. The number of hydrogen-bond acceptors (Lipinski definition) is 3. The molecule has 0 aromatic heterocycles. The summed E-state index contributed by atoms with van der Waals surface area (Å²) in [5.74, 6) is 0. The van der Waals surface area contributed by atoms with Crippen LogP contribution in [0.4, 0.5) is 0 Å². The van der Waals surface area contributed by atoms with E-state index in [0.29, 0.717) is 6.54 Å². The summed E-state index contributed by atoms with van der Waals surface area (Å²) in [7, 11) is -2.38. The average molecular weight is 136 g/mol. The highest BCUT2D eigenvalue weighted by molar-refractivity contribution is 7.92. The summed E-state index contributed by atoms with van der Waals surface area (Å²) in [5, 5.41) is -0.178. The monoisotopic (exact) mass is 136 g/mol. The SMILES string of the molecule is CC(CN)S(C)(=N)=O. The molecule has 0 aromatic rings. The van der Waals surface area contributed by atoms with Gasteiger partial charge in [-0.2, -0.15) is 0 Å².